The van der Waals surface area contributed by atoms with Gasteiger partial charge in [0.2, 0.25) is 0 Å². The summed E-state index contributed by atoms with van der Waals surface area (Å²) >= 11 is 0. The maximum Gasteiger partial charge on any atom is 0.126 e. The molecule has 1 unspecified atom stereocenters. The summed E-state index contributed by atoms with van der Waals surface area (Å²) in [5.74, 6) is 2.20. The molecule has 0 saturated carbocycles. The first-order chi connectivity index (χ1) is 12.4. The first-order valence-electron chi connectivity index (χ1n) is 10.3. The van der Waals surface area contributed by atoms with Gasteiger partial charge in [0.15, 0.2) is 0 Å². The van der Waals surface area contributed by atoms with E-state index in [1.165, 1.54) is 63.6 Å². The van der Waals surface area contributed by atoms with Crippen LogP contribution < -0.4 is 5.32 Å². The highest BCUT2D eigenvalue weighted by molar-refractivity contribution is 5.82. The van der Waals surface area contributed by atoms with Crippen LogP contribution in [0.2, 0.25) is 0 Å². The number of furan rings is 1. The first-order valence-corrected chi connectivity index (χ1v) is 10.3. The van der Waals surface area contributed by atoms with Crippen LogP contribution in [-0.2, 0) is 0 Å². The number of hydrogen-bond acceptors (Lipinski definition) is 3. The van der Waals surface area contributed by atoms with Crippen molar-refractivity contribution in [1.29, 1.82) is 0 Å². The second kappa shape index (κ2) is 12.8. The van der Waals surface area contributed by atoms with E-state index < -0.39 is 0 Å². The quantitative estimate of drug-likeness (QED) is 0.613. The Morgan fingerprint density at radius 3 is 2.48 bits per heavy atom. The van der Waals surface area contributed by atoms with E-state index in [1.54, 1.807) is 6.26 Å². The van der Waals surface area contributed by atoms with Crippen LogP contribution in [0.15, 0.2) is 40.0 Å². The third kappa shape index (κ3) is 8.42. The molecule has 0 spiro atoms. The van der Waals surface area contributed by atoms with E-state index in [2.05, 4.69) is 30.5 Å². The van der Waals surface area contributed by atoms with Gasteiger partial charge >= 0.3 is 0 Å². The molecule has 1 aromatic rings. The van der Waals surface area contributed by atoms with Gasteiger partial charge in [0.05, 0.1) is 18.1 Å². The largest absolute Gasteiger partial charge is 0.467 e. The molecule has 25 heavy (non-hydrogen) atoms. The van der Waals surface area contributed by atoms with Gasteiger partial charge in [-0.1, -0.05) is 57.1 Å². The third-order valence-electron chi connectivity index (χ3n) is 4.96. The number of hydrogen-bond donors (Lipinski definition) is 1. The Morgan fingerprint density at radius 2 is 1.80 bits per heavy atom. The Morgan fingerprint density at radius 1 is 1.08 bits per heavy atom. The van der Waals surface area contributed by atoms with E-state index in [0.29, 0.717) is 0 Å². The van der Waals surface area contributed by atoms with Crippen molar-refractivity contribution in [1.82, 2.24) is 5.32 Å². The third-order valence-corrected chi connectivity index (χ3v) is 4.96. The molecule has 3 heteroatoms. The molecule has 0 saturated heterocycles. The lowest BCUT2D eigenvalue weighted by Crippen LogP contribution is -2.28. The van der Waals surface area contributed by atoms with Crippen molar-refractivity contribution in [3.8, 4) is 0 Å². The van der Waals surface area contributed by atoms with Crippen molar-refractivity contribution in [3.63, 3.8) is 0 Å². The summed E-state index contributed by atoms with van der Waals surface area (Å²) in [6, 6.07) is 4.28. The van der Waals surface area contributed by atoms with E-state index in [-0.39, 0.29) is 6.04 Å². The van der Waals surface area contributed by atoms with Gasteiger partial charge in [-0.05, 0) is 44.7 Å². The van der Waals surface area contributed by atoms with Gasteiger partial charge in [-0.25, -0.2) is 0 Å². The highest BCUT2D eigenvalue weighted by Gasteiger charge is 2.15. The summed E-state index contributed by atoms with van der Waals surface area (Å²) in [5, 5.41) is 3.71. The SMILES string of the molecule is CC=CCCC(NC1=NCCCCCCCCCCC1)c1ccco1. The van der Waals surface area contributed by atoms with E-state index in [4.69, 9.17) is 9.41 Å². The predicted octanol–water partition coefficient (Wildman–Crippen LogP) is 6.58. The molecule has 140 valence electrons. The Bertz CT molecular complexity index is 490. The average molecular weight is 345 g/mol. The van der Waals surface area contributed by atoms with Crippen molar-refractivity contribution >= 4 is 5.84 Å². The van der Waals surface area contributed by atoms with Crippen molar-refractivity contribution in [3.05, 3.63) is 36.3 Å². The molecule has 0 radical (unpaired) electrons. The van der Waals surface area contributed by atoms with Gasteiger partial charge in [-0.15, -0.1) is 0 Å². The highest BCUT2D eigenvalue weighted by Crippen LogP contribution is 2.20. The van der Waals surface area contributed by atoms with Crippen molar-refractivity contribution in [2.24, 2.45) is 4.99 Å². The van der Waals surface area contributed by atoms with E-state index >= 15 is 0 Å². The second-order valence-electron chi connectivity index (χ2n) is 7.12. The van der Waals surface area contributed by atoms with Crippen molar-refractivity contribution in [2.75, 3.05) is 6.54 Å². The Labute approximate surface area is 154 Å². The van der Waals surface area contributed by atoms with Gasteiger partial charge in [0.25, 0.3) is 0 Å². The summed E-state index contributed by atoms with van der Waals surface area (Å²) in [6.45, 7) is 3.04. The summed E-state index contributed by atoms with van der Waals surface area (Å²) in [4.78, 5) is 4.91. The fourth-order valence-electron chi connectivity index (χ4n) is 3.46. The lowest BCUT2D eigenvalue weighted by atomic mass is 10.1. The maximum absolute atomic E-state index is 5.68. The zero-order valence-corrected chi connectivity index (χ0v) is 16.0. The lowest BCUT2D eigenvalue weighted by molar-refractivity contribution is 0.430. The zero-order chi connectivity index (χ0) is 17.6. The monoisotopic (exact) mass is 344 g/mol. The molecule has 0 amide bonds. The summed E-state index contributed by atoms with van der Waals surface area (Å²) in [7, 11) is 0. The van der Waals surface area contributed by atoms with Crippen molar-refractivity contribution < 1.29 is 4.42 Å². The molecule has 1 atom stereocenters. The molecule has 1 aliphatic heterocycles. The van der Waals surface area contributed by atoms with Gasteiger partial charge in [0, 0.05) is 13.0 Å². The number of allylic oxidation sites excluding steroid dienone is 2. The summed E-state index contributed by atoms with van der Waals surface area (Å²) < 4.78 is 5.68. The molecular formula is C22H36N2O. The lowest BCUT2D eigenvalue weighted by Gasteiger charge is -2.19. The van der Waals surface area contributed by atoms with Crippen LogP contribution in [0.25, 0.3) is 0 Å². The zero-order valence-electron chi connectivity index (χ0n) is 16.0. The Kier molecular flexibility index (Phi) is 10.1. The molecular weight excluding hydrogens is 308 g/mol. The Balaban J connectivity index is 1.96. The fourth-order valence-corrected chi connectivity index (χ4v) is 3.46. The number of rotatable bonds is 5. The number of amidine groups is 1. The van der Waals surface area contributed by atoms with E-state index in [1.807, 2.05) is 6.07 Å². The maximum atomic E-state index is 5.68. The molecule has 2 heterocycles. The molecule has 1 N–H and O–H groups in total. The Hall–Kier alpha value is -1.51. The molecule has 0 aliphatic carbocycles. The van der Waals surface area contributed by atoms with Crippen molar-refractivity contribution in [2.45, 2.75) is 90.0 Å². The van der Waals surface area contributed by atoms with Crippen LogP contribution in [0.4, 0.5) is 0 Å². The second-order valence-corrected chi connectivity index (χ2v) is 7.12. The minimum atomic E-state index is 0.223. The minimum Gasteiger partial charge on any atom is -0.467 e. The molecule has 1 aromatic heterocycles. The number of aliphatic imine (C=N–C) groups is 1. The highest BCUT2D eigenvalue weighted by atomic mass is 16.3. The smallest absolute Gasteiger partial charge is 0.126 e. The normalized spacial score (nSPS) is 19.5. The average Bonchev–Trinajstić information content (AvgIpc) is 3.15. The molecule has 0 bridgehead atoms. The standard InChI is InChI=1S/C22H36N2O/c1-2-3-11-15-20(21-16-14-19-25-21)24-22-17-12-9-7-5-4-6-8-10-13-18-23-22/h2-3,14,16,19-20H,4-13,15,17-18H2,1H3,(H,23,24). The van der Waals surface area contributed by atoms with Crippen LogP contribution in [0.5, 0.6) is 0 Å². The number of nitrogens with one attached hydrogen (secondary N) is 1. The van der Waals surface area contributed by atoms with Crippen LogP contribution in [0, 0.1) is 0 Å². The molecule has 1 aliphatic rings. The van der Waals surface area contributed by atoms with Gasteiger partial charge in [0.1, 0.15) is 5.76 Å². The van der Waals surface area contributed by atoms with Crippen LogP contribution in [0.1, 0.15) is 95.8 Å². The van der Waals surface area contributed by atoms with Gasteiger partial charge in [-0.3, -0.25) is 4.99 Å². The topological polar surface area (TPSA) is 37.5 Å². The molecule has 2 rings (SSSR count). The number of nitrogens with zero attached hydrogens (tertiary/aromatic N) is 1. The summed E-state index contributed by atoms with van der Waals surface area (Å²) in [5.41, 5.74) is 0. The van der Waals surface area contributed by atoms with Crippen LogP contribution >= 0.6 is 0 Å². The molecule has 0 fully saturated rings. The minimum absolute atomic E-state index is 0.223. The van der Waals surface area contributed by atoms with E-state index in [9.17, 15) is 0 Å². The van der Waals surface area contributed by atoms with Crippen LogP contribution in [0.3, 0.4) is 0 Å². The van der Waals surface area contributed by atoms with Crippen LogP contribution in [-0.4, -0.2) is 12.4 Å². The van der Waals surface area contributed by atoms with E-state index in [0.717, 1.165) is 31.6 Å². The fraction of sp³-hybridized carbons (Fsp3) is 0.682. The van der Waals surface area contributed by atoms with Gasteiger partial charge < -0.3 is 9.73 Å². The molecule has 3 nitrogen and oxygen atoms in total. The van der Waals surface area contributed by atoms with Gasteiger partial charge in [-0.2, -0.15) is 0 Å². The summed E-state index contributed by atoms with van der Waals surface area (Å²) in [6.07, 6.45) is 21.3. The predicted molar refractivity (Wildman–Crippen MR) is 107 cm³/mol. The molecule has 0 aromatic carbocycles. The first kappa shape index (κ1) is 19.8.